The quantitative estimate of drug-likeness (QED) is 0.768. The first-order chi connectivity index (χ1) is 12.1. The van der Waals surface area contributed by atoms with Gasteiger partial charge in [0.1, 0.15) is 0 Å². The number of halogens is 1. The van der Waals surface area contributed by atoms with Crippen molar-refractivity contribution in [2.75, 3.05) is 32.9 Å². The Morgan fingerprint density at radius 3 is 2.88 bits per heavy atom. The van der Waals surface area contributed by atoms with Crippen LogP contribution in [0.5, 0.6) is 11.5 Å². The molecule has 1 fully saturated rings. The Bertz CT molecular complexity index is 663. The Hall–Kier alpha value is -1.95. The van der Waals surface area contributed by atoms with Crippen molar-refractivity contribution in [3.8, 4) is 11.5 Å². The van der Waals surface area contributed by atoms with Crippen LogP contribution < -0.4 is 9.47 Å². The minimum absolute atomic E-state index is 0.161. The molecule has 1 amide bonds. The first-order valence-corrected chi connectivity index (χ1v) is 9.03. The highest BCUT2D eigenvalue weighted by Crippen LogP contribution is 2.38. The van der Waals surface area contributed by atoms with Crippen LogP contribution in [0.2, 0.25) is 5.02 Å². The topological polar surface area (TPSA) is 65.1 Å². The molecule has 1 atom stereocenters. The van der Waals surface area contributed by atoms with Crippen LogP contribution in [0.3, 0.4) is 0 Å². The lowest BCUT2D eigenvalue weighted by molar-refractivity contribution is -0.149. The van der Waals surface area contributed by atoms with E-state index >= 15 is 0 Å². The molecule has 0 saturated carbocycles. The molecule has 2 aliphatic heterocycles. The Kier molecular flexibility index (Phi) is 5.68. The first-order valence-electron chi connectivity index (χ1n) is 8.65. The summed E-state index contributed by atoms with van der Waals surface area (Å²) in [5.74, 6) is 0.308. The number of piperidine rings is 1. The summed E-state index contributed by atoms with van der Waals surface area (Å²) in [5.41, 5.74) is 0.443. The van der Waals surface area contributed by atoms with Crippen molar-refractivity contribution in [3.05, 3.63) is 22.7 Å². The van der Waals surface area contributed by atoms with E-state index in [1.165, 1.54) is 0 Å². The molecule has 136 valence electrons. The molecule has 0 spiro atoms. The molecule has 0 N–H and O–H groups in total. The van der Waals surface area contributed by atoms with Gasteiger partial charge in [-0.05, 0) is 31.9 Å². The van der Waals surface area contributed by atoms with Crippen molar-refractivity contribution in [1.29, 1.82) is 0 Å². The van der Waals surface area contributed by atoms with Crippen molar-refractivity contribution in [2.24, 2.45) is 5.92 Å². The number of benzene rings is 1. The van der Waals surface area contributed by atoms with Crippen LogP contribution >= 0.6 is 11.6 Å². The standard InChI is InChI=1S/C18H22ClNO5/c1-2-23-18(22)12-5-3-6-20(11-12)17(21)13-9-14(19)16-15(10-13)24-7-4-8-25-16/h9-10,12H,2-8,11H2,1H3/t12-/m0/s1. The molecule has 0 aromatic heterocycles. The van der Waals surface area contributed by atoms with Crippen LogP contribution in [0.1, 0.15) is 36.5 Å². The third-order valence-electron chi connectivity index (χ3n) is 4.38. The Morgan fingerprint density at radius 2 is 2.08 bits per heavy atom. The van der Waals surface area contributed by atoms with Gasteiger partial charge in [-0.25, -0.2) is 0 Å². The SMILES string of the molecule is CCOC(=O)[C@H]1CCCN(C(=O)c2cc(Cl)c3c(c2)OCCCO3)C1. The average molecular weight is 368 g/mol. The smallest absolute Gasteiger partial charge is 0.310 e. The van der Waals surface area contributed by atoms with E-state index in [-0.39, 0.29) is 17.8 Å². The average Bonchev–Trinajstić information content (AvgIpc) is 2.87. The number of rotatable bonds is 3. The van der Waals surface area contributed by atoms with Crippen molar-refractivity contribution in [1.82, 2.24) is 4.90 Å². The maximum absolute atomic E-state index is 12.9. The minimum atomic E-state index is -0.270. The zero-order chi connectivity index (χ0) is 17.8. The van der Waals surface area contributed by atoms with E-state index < -0.39 is 0 Å². The fourth-order valence-corrected chi connectivity index (χ4v) is 3.42. The van der Waals surface area contributed by atoms with Crippen molar-refractivity contribution < 1.29 is 23.8 Å². The number of hydrogen-bond acceptors (Lipinski definition) is 5. The minimum Gasteiger partial charge on any atom is -0.489 e. The molecule has 2 aliphatic rings. The summed E-state index contributed by atoms with van der Waals surface area (Å²) >= 11 is 6.27. The Balaban J connectivity index is 1.77. The van der Waals surface area contributed by atoms with Gasteiger partial charge in [-0.15, -0.1) is 0 Å². The number of esters is 1. The van der Waals surface area contributed by atoms with Gasteiger partial charge in [0, 0.05) is 25.1 Å². The fourth-order valence-electron chi connectivity index (χ4n) is 3.15. The predicted octanol–water partition coefficient (Wildman–Crippen LogP) is 2.92. The van der Waals surface area contributed by atoms with E-state index in [0.29, 0.717) is 55.0 Å². The van der Waals surface area contributed by atoms with Crippen molar-refractivity contribution in [2.45, 2.75) is 26.2 Å². The van der Waals surface area contributed by atoms with Crippen LogP contribution in [0.4, 0.5) is 0 Å². The second kappa shape index (κ2) is 7.95. The number of carbonyl (C=O) groups excluding carboxylic acids is 2. The zero-order valence-corrected chi connectivity index (χ0v) is 15.0. The van der Waals surface area contributed by atoms with E-state index in [4.69, 9.17) is 25.8 Å². The van der Waals surface area contributed by atoms with Crippen LogP contribution in [0.25, 0.3) is 0 Å². The highest BCUT2D eigenvalue weighted by atomic mass is 35.5. The Morgan fingerprint density at radius 1 is 1.28 bits per heavy atom. The van der Waals surface area contributed by atoms with Gasteiger partial charge < -0.3 is 19.1 Å². The van der Waals surface area contributed by atoms with Gasteiger partial charge in [-0.2, -0.15) is 0 Å². The van der Waals surface area contributed by atoms with Crippen LogP contribution in [0, 0.1) is 5.92 Å². The maximum atomic E-state index is 12.9. The Labute approximate surface area is 152 Å². The van der Waals surface area contributed by atoms with Crippen LogP contribution in [-0.4, -0.2) is 49.7 Å². The van der Waals surface area contributed by atoms with Gasteiger partial charge in [0.05, 0.1) is 30.8 Å². The molecule has 0 radical (unpaired) electrons. The number of fused-ring (bicyclic) bond motifs is 1. The molecule has 1 saturated heterocycles. The molecule has 0 bridgehead atoms. The van der Waals surface area contributed by atoms with Gasteiger partial charge in [-0.3, -0.25) is 9.59 Å². The van der Waals surface area contributed by atoms with Crippen LogP contribution in [-0.2, 0) is 9.53 Å². The van der Waals surface area contributed by atoms with Gasteiger partial charge in [-0.1, -0.05) is 11.6 Å². The van der Waals surface area contributed by atoms with Gasteiger partial charge in [0.2, 0.25) is 0 Å². The molecule has 3 rings (SSSR count). The molecule has 6 nitrogen and oxygen atoms in total. The lowest BCUT2D eigenvalue weighted by Crippen LogP contribution is -2.42. The number of amides is 1. The summed E-state index contributed by atoms with van der Waals surface area (Å²) in [7, 11) is 0. The predicted molar refractivity (Wildman–Crippen MR) is 92.3 cm³/mol. The number of hydrogen-bond donors (Lipinski definition) is 0. The fraction of sp³-hybridized carbons (Fsp3) is 0.556. The summed E-state index contributed by atoms with van der Waals surface area (Å²) in [6.45, 7) is 4.16. The molecular formula is C18H22ClNO5. The number of likely N-dealkylation sites (tertiary alicyclic amines) is 1. The molecule has 1 aromatic rings. The molecule has 0 unspecified atom stereocenters. The van der Waals surface area contributed by atoms with Crippen molar-refractivity contribution >= 4 is 23.5 Å². The normalized spacial score (nSPS) is 19.9. The molecule has 7 heteroatoms. The number of ether oxygens (including phenoxy) is 3. The lowest BCUT2D eigenvalue weighted by Gasteiger charge is -2.31. The van der Waals surface area contributed by atoms with E-state index in [2.05, 4.69) is 0 Å². The first kappa shape index (κ1) is 17.9. The third-order valence-corrected chi connectivity index (χ3v) is 4.66. The summed E-state index contributed by atoms with van der Waals surface area (Å²) in [4.78, 5) is 26.5. The van der Waals surface area contributed by atoms with Gasteiger partial charge in [0.25, 0.3) is 5.91 Å². The number of nitrogens with zero attached hydrogens (tertiary/aromatic N) is 1. The molecular weight excluding hydrogens is 346 g/mol. The summed E-state index contributed by atoms with van der Waals surface area (Å²) in [6.07, 6.45) is 2.28. The molecule has 25 heavy (non-hydrogen) atoms. The second-order valence-electron chi connectivity index (χ2n) is 6.18. The van der Waals surface area contributed by atoms with E-state index in [1.807, 2.05) is 0 Å². The van der Waals surface area contributed by atoms with Gasteiger partial charge in [0.15, 0.2) is 11.5 Å². The molecule has 0 aliphatic carbocycles. The lowest BCUT2D eigenvalue weighted by atomic mass is 9.97. The maximum Gasteiger partial charge on any atom is 0.310 e. The largest absolute Gasteiger partial charge is 0.489 e. The van der Waals surface area contributed by atoms with E-state index in [0.717, 1.165) is 19.3 Å². The zero-order valence-electron chi connectivity index (χ0n) is 14.3. The summed E-state index contributed by atoms with van der Waals surface area (Å²) < 4.78 is 16.3. The summed E-state index contributed by atoms with van der Waals surface area (Å²) in [6, 6.07) is 3.27. The molecule has 2 heterocycles. The second-order valence-corrected chi connectivity index (χ2v) is 6.59. The monoisotopic (exact) mass is 367 g/mol. The van der Waals surface area contributed by atoms with Crippen LogP contribution in [0.15, 0.2) is 12.1 Å². The third kappa shape index (κ3) is 4.00. The summed E-state index contributed by atoms with van der Waals surface area (Å²) in [5, 5.41) is 0.363. The van der Waals surface area contributed by atoms with E-state index in [1.54, 1.807) is 24.0 Å². The molecule has 1 aromatic carbocycles. The van der Waals surface area contributed by atoms with E-state index in [9.17, 15) is 9.59 Å². The highest BCUT2D eigenvalue weighted by molar-refractivity contribution is 6.32. The highest BCUT2D eigenvalue weighted by Gasteiger charge is 2.30. The van der Waals surface area contributed by atoms with Gasteiger partial charge >= 0.3 is 5.97 Å². The number of carbonyl (C=O) groups is 2. The van der Waals surface area contributed by atoms with Crippen molar-refractivity contribution in [3.63, 3.8) is 0 Å².